The van der Waals surface area contributed by atoms with Crippen LogP contribution >= 0.6 is 11.6 Å². The highest BCUT2D eigenvalue weighted by molar-refractivity contribution is 6.20. The van der Waals surface area contributed by atoms with Gasteiger partial charge in [-0.15, -0.1) is 11.6 Å². The highest BCUT2D eigenvalue weighted by Crippen LogP contribution is 2.39. The maximum Gasteiger partial charge on any atom is 0.129 e. The normalized spacial score (nSPS) is 25.9. The van der Waals surface area contributed by atoms with Crippen molar-refractivity contribution in [2.75, 3.05) is 0 Å². The Kier molecular flexibility index (Phi) is 2.96. The molecule has 1 aliphatic rings. The molecule has 2 atom stereocenters. The van der Waals surface area contributed by atoms with Crippen molar-refractivity contribution < 1.29 is 8.78 Å². The lowest BCUT2D eigenvalue weighted by molar-refractivity contribution is 0.523. The van der Waals surface area contributed by atoms with Crippen LogP contribution in [0.5, 0.6) is 0 Å². The van der Waals surface area contributed by atoms with Gasteiger partial charge in [0.25, 0.3) is 0 Å². The van der Waals surface area contributed by atoms with Crippen LogP contribution in [0.25, 0.3) is 0 Å². The molecule has 3 heteroatoms. The molecular weight excluding hydrogens is 218 g/mol. The van der Waals surface area contributed by atoms with Crippen molar-refractivity contribution >= 4 is 11.6 Å². The number of halogens is 3. The van der Waals surface area contributed by atoms with E-state index >= 15 is 0 Å². The molecule has 1 saturated carbocycles. The van der Waals surface area contributed by atoms with Gasteiger partial charge < -0.3 is 0 Å². The molecule has 0 nitrogen and oxygen atoms in total. The van der Waals surface area contributed by atoms with Crippen molar-refractivity contribution in [3.05, 3.63) is 34.9 Å². The molecule has 1 aliphatic carbocycles. The highest BCUT2D eigenvalue weighted by atomic mass is 35.5. The van der Waals surface area contributed by atoms with E-state index in [1.165, 1.54) is 12.1 Å². The molecular formula is C12H13ClF2. The third kappa shape index (κ3) is 2.15. The molecule has 0 radical (unpaired) electrons. The van der Waals surface area contributed by atoms with Gasteiger partial charge in [-0.05, 0) is 49.8 Å². The molecule has 82 valence electrons. The van der Waals surface area contributed by atoms with Crippen LogP contribution in [0, 0.1) is 18.6 Å². The van der Waals surface area contributed by atoms with Crippen molar-refractivity contribution in [1.82, 2.24) is 0 Å². The summed E-state index contributed by atoms with van der Waals surface area (Å²) in [6.07, 6.45) is 2.31. The van der Waals surface area contributed by atoms with Gasteiger partial charge in [0.05, 0.1) is 0 Å². The molecule has 0 aliphatic heterocycles. The predicted octanol–water partition coefficient (Wildman–Crippen LogP) is 4.15. The van der Waals surface area contributed by atoms with E-state index in [2.05, 4.69) is 0 Å². The molecule has 0 bridgehead atoms. The van der Waals surface area contributed by atoms with E-state index < -0.39 is 11.6 Å². The molecule has 0 N–H and O–H groups in total. The fourth-order valence-electron chi connectivity index (χ4n) is 2.29. The molecule has 0 aromatic heterocycles. The van der Waals surface area contributed by atoms with Crippen LogP contribution in [0.1, 0.15) is 36.3 Å². The standard InChI is InChI=1S/C12H13ClF2/c1-7-4-10(14)12(11(15)5-7)8-2-3-9(13)6-8/h4-5,8-9H,2-3,6H2,1H3. The van der Waals surface area contributed by atoms with Crippen molar-refractivity contribution in [2.24, 2.45) is 0 Å². The summed E-state index contributed by atoms with van der Waals surface area (Å²) in [6, 6.07) is 2.78. The summed E-state index contributed by atoms with van der Waals surface area (Å²) in [5.41, 5.74) is 0.845. The number of rotatable bonds is 1. The summed E-state index contributed by atoms with van der Waals surface area (Å²) >= 11 is 5.95. The third-order valence-electron chi connectivity index (χ3n) is 3.00. The number of hydrogen-bond acceptors (Lipinski definition) is 0. The second kappa shape index (κ2) is 4.09. The molecule has 15 heavy (non-hydrogen) atoms. The minimum Gasteiger partial charge on any atom is -0.207 e. The van der Waals surface area contributed by atoms with Crippen LogP contribution in [0.3, 0.4) is 0 Å². The number of alkyl halides is 1. The van der Waals surface area contributed by atoms with Gasteiger partial charge in [0.2, 0.25) is 0 Å². The van der Waals surface area contributed by atoms with Gasteiger partial charge in [-0.1, -0.05) is 0 Å². The summed E-state index contributed by atoms with van der Waals surface area (Å²) in [5.74, 6) is -0.903. The predicted molar refractivity (Wildman–Crippen MR) is 57.3 cm³/mol. The lowest BCUT2D eigenvalue weighted by atomic mass is 9.95. The Hall–Kier alpha value is -0.630. The van der Waals surface area contributed by atoms with E-state index in [0.717, 1.165) is 12.8 Å². The van der Waals surface area contributed by atoms with E-state index in [-0.39, 0.29) is 16.9 Å². The van der Waals surface area contributed by atoms with Crippen LogP contribution in [-0.4, -0.2) is 5.38 Å². The Bertz CT molecular complexity index is 353. The Labute approximate surface area is 93.2 Å². The Morgan fingerprint density at radius 1 is 1.20 bits per heavy atom. The van der Waals surface area contributed by atoms with Crippen molar-refractivity contribution in [1.29, 1.82) is 0 Å². The molecule has 2 unspecified atom stereocenters. The number of aryl methyl sites for hydroxylation is 1. The van der Waals surface area contributed by atoms with E-state index in [1.807, 2.05) is 0 Å². The van der Waals surface area contributed by atoms with Crippen molar-refractivity contribution in [3.63, 3.8) is 0 Å². The monoisotopic (exact) mass is 230 g/mol. The lowest BCUT2D eigenvalue weighted by Crippen LogP contribution is -2.02. The zero-order valence-electron chi connectivity index (χ0n) is 8.56. The molecule has 1 aromatic carbocycles. The van der Waals surface area contributed by atoms with Crippen molar-refractivity contribution in [3.8, 4) is 0 Å². The molecule has 0 heterocycles. The number of hydrogen-bond donors (Lipinski definition) is 0. The van der Waals surface area contributed by atoms with E-state index in [0.29, 0.717) is 12.0 Å². The third-order valence-corrected chi connectivity index (χ3v) is 3.40. The van der Waals surface area contributed by atoms with Gasteiger partial charge in [0, 0.05) is 10.9 Å². The average molecular weight is 231 g/mol. The first-order valence-corrected chi connectivity index (χ1v) is 5.61. The first-order chi connectivity index (χ1) is 7.08. The molecule has 1 fully saturated rings. The SMILES string of the molecule is Cc1cc(F)c(C2CCC(Cl)C2)c(F)c1. The van der Waals surface area contributed by atoms with Gasteiger partial charge in [-0.2, -0.15) is 0 Å². The quantitative estimate of drug-likeness (QED) is 0.636. The smallest absolute Gasteiger partial charge is 0.129 e. The van der Waals surface area contributed by atoms with Gasteiger partial charge in [0.15, 0.2) is 0 Å². The van der Waals surface area contributed by atoms with Gasteiger partial charge in [-0.25, -0.2) is 8.78 Å². The zero-order chi connectivity index (χ0) is 11.0. The maximum absolute atomic E-state index is 13.6. The first-order valence-electron chi connectivity index (χ1n) is 5.17. The highest BCUT2D eigenvalue weighted by Gasteiger charge is 2.28. The zero-order valence-corrected chi connectivity index (χ0v) is 9.32. The summed E-state index contributed by atoms with van der Waals surface area (Å²) in [6.45, 7) is 1.69. The Morgan fingerprint density at radius 3 is 2.27 bits per heavy atom. The maximum atomic E-state index is 13.6. The fourth-order valence-corrected chi connectivity index (χ4v) is 2.63. The number of benzene rings is 1. The molecule has 0 amide bonds. The first kappa shape index (κ1) is 10.9. The minimum atomic E-state index is -0.428. The summed E-state index contributed by atoms with van der Waals surface area (Å²) in [7, 11) is 0. The molecule has 0 spiro atoms. The average Bonchev–Trinajstić information content (AvgIpc) is 2.49. The summed E-state index contributed by atoms with van der Waals surface area (Å²) in [5, 5.41) is 0.0649. The van der Waals surface area contributed by atoms with Gasteiger partial charge in [-0.3, -0.25) is 0 Å². The lowest BCUT2D eigenvalue weighted by Gasteiger charge is -2.12. The van der Waals surface area contributed by atoms with Crippen LogP contribution in [0.2, 0.25) is 0 Å². The summed E-state index contributed by atoms with van der Waals surface area (Å²) < 4.78 is 27.2. The van der Waals surface area contributed by atoms with Gasteiger partial charge in [0.1, 0.15) is 11.6 Å². The minimum absolute atomic E-state index is 0.0481. The Balaban J connectivity index is 2.35. The largest absolute Gasteiger partial charge is 0.207 e. The van der Waals surface area contributed by atoms with Crippen LogP contribution < -0.4 is 0 Å². The van der Waals surface area contributed by atoms with Gasteiger partial charge >= 0.3 is 0 Å². The van der Waals surface area contributed by atoms with E-state index in [4.69, 9.17) is 11.6 Å². The second-order valence-corrected chi connectivity index (χ2v) is 4.87. The topological polar surface area (TPSA) is 0 Å². The van der Waals surface area contributed by atoms with Crippen molar-refractivity contribution in [2.45, 2.75) is 37.5 Å². The van der Waals surface area contributed by atoms with Crippen LogP contribution in [-0.2, 0) is 0 Å². The second-order valence-electron chi connectivity index (χ2n) is 4.25. The molecule has 2 rings (SSSR count). The fraction of sp³-hybridized carbons (Fsp3) is 0.500. The van der Waals surface area contributed by atoms with Crippen LogP contribution in [0.4, 0.5) is 8.78 Å². The molecule has 1 aromatic rings. The van der Waals surface area contributed by atoms with E-state index in [9.17, 15) is 8.78 Å². The Morgan fingerprint density at radius 2 is 1.80 bits per heavy atom. The molecule has 0 saturated heterocycles. The summed E-state index contributed by atoms with van der Waals surface area (Å²) in [4.78, 5) is 0. The van der Waals surface area contributed by atoms with E-state index in [1.54, 1.807) is 6.92 Å². The van der Waals surface area contributed by atoms with Crippen LogP contribution in [0.15, 0.2) is 12.1 Å².